The fourth-order valence-electron chi connectivity index (χ4n) is 6.28. The summed E-state index contributed by atoms with van der Waals surface area (Å²) in [4.78, 5) is 60.0. The Hall–Kier alpha value is -4.62. The van der Waals surface area contributed by atoms with Gasteiger partial charge in [0.2, 0.25) is 5.91 Å². The molecule has 54 heavy (non-hydrogen) atoms. The zero-order chi connectivity index (χ0) is 39.0. The number of carbonyl (C=O) groups excluding carboxylic acids is 4. The molecule has 4 rings (SSSR count). The van der Waals surface area contributed by atoms with E-state index in [-0.39, 0.29) is 62.3 Å². The second-order valence-electron chi connectivity index (χ2n) is 13.8. The first-order valence-electron chi connectivity index (χ1n) is 19.0. The molecular weight excluding hydrogens is 695 g/mol. The van der Waals surface area contributed by atoms with E-state index in [4.69, 9.17) is 18.6 Å². The van der Waals surface area contributed by atoms with Crippen molar-refractivity contribution in [1.82, 2.24) is 20.1 Å². The molecule has 2 aromatic rings. The molecule has 0 spiro atoms. The van der Waals surface area contributed by atoms with Crippen molar-refractivity contribution >= 4 is 23.8 Å². The standard InChI is InChI=1S/C41H55FN4O8/c1-6-36-29(5)11-16-37(47)43-18-9-10-28(4)22-34(53-40(49)31-14-12-30(13-15-31)26-51-21-20-45(7-2)8-3)23-33(42)24-38-44-35(27-52-38)39(48)46-19-17-32(25-46)41(50)54-36/h9-10,12-15,17,22,27,29,33-34,36H,6-8,11,16,18-21,23-26H2,1-5H3,(H,43,47)/b10-9+,28-22+/t29-,33?,34-,36-/m1/s1. The first kappa shape index (κ1) is 42.1. The topological polar surface area (TPSA) is 141 Å². The first-order chi connectivity index (χ1) is 26.0. The number of oxazole rings is 1. The van der Waals surface area contributed by atoms with Gasteiger partial charge in [-0.15, -0.1) is 0 Å². The molecule has 0 saturated heterocycles. The summed E-state index contributed by atoms with van der Waals surface area (Å²) in [6.45, 7) is 14.2. The van der Waals surface area contributed by atoms with Gasteiger partial charge in [0, 0.05) is 32.5 Å². The quantitative estimate of drug-likeness (QED) is 0.235. The van der Waals surface area contributed by atoms with Crippen molar-refractivity contribution in [2.75, 3.05) is 45.9 Å². The predicted molar refractivity (Wildman–Crippen MR) is 201 cm³/mol. The molecule has 1 aromatic heterocycles. The van der Waals surface area contributed by atoms with E-state index in [1.54, 1.807) is 55.5 Å². The first-order valence-corrected chi connectivity index (χ1v) is 19.0. The highest BCUT2D eigenvalue weighted by Crippen LogP contribution is 2.22. The molecule has 4 bridgehead atoms. The molecule has 1 unspecified atom stereocenters. The number of rotatable bonds is 10. The molecule has 0 aliphatic carbocycles. The van der Waals surface area contributed by atoms with Crippen molar-refractivity contribution in [3.05, 3.63) is 88.7 Å². The number of benzene rings is 1. The number of aromatic nitrogens is 1. The Morgan fingerprint density at radius 2 is 1.89 bits per heavy atom. The molecule has 4 atom stereocenters. The number of alkyl halides is 1. The third kappa shape index (κ3) is 13.0. The van der Waals surface area contributed by atoms with Crippen LogP contribution in [-0.2, 0) is 36.8 Å². The van der Waals surface area contributed by atoms with Crippen molar-refractivity contribution in [2.45, 2.75) is 91.7 Å². The number of nitrogens with zero attached hydrogens (tertiary/aromatic N) is 3. The molecule has 1 aromatic carbocycles. The fourth-order valence-corrected chi connectivity index (χ4v) is 6.28. The lowest BCUT2D eigenvalue weighted by atomic mass is 9.96. The minimum Gasteiger partial charge on any atom is -0.459 e. The molecule has 1 N–H and O–H groups in total. The lowest BCUT2D eigenvalue weighted by molar-refractivity contribution is -0.147. The van der Waals surface area contributed by atoms with E-state index in [0.717, 1.165) is 25.2 Å². The monoisotopic (exact) mass is 750 g/mol. The molecule has 2 aliphatic heterocycles. The van der Waals surface area contributed by atoms with Crippen LogP contribution in [0.3, 0.4) is 0 Å². The van der Waals surface area contributed by atoms with Gasteiger partial charge < -0.3 is 33.7 Å². The van der Waals surface area contributed by atoms with E-state index in [1.165, 1.54) is 11.2 Å². The molecule has 2 aliphatic rings. The molecule has 0 saturated carbocycles. The number of allylic oxidation sites excluding steroid dienone is 2. The summed E-state index contributed by atoms with van der Waals surface area (Å²) >= 11 is 0. The number of hydrogen-bond acceptors (Lipinski definition) is 10. The van der Waals surface area contributed by atoms with E-state index in [2.05, 4.69) is 29.0 Å². The summed E-state index contributed by atoms with van der Waals surface area (Å²) < 4.78 is 38.5. The summed E-state index contributed by atoms with van der Waals surface area (Å²) in [6, 6.07) is 6.93. The Labute approximate surface area is 317 Å². The third-order valence-corrected chi connectivity index (χ3v) is 9.66. The van der Waals surface area contributed by atoms with Crippen molar-refractivity contribution < 1.29 is 42.2 Å². The minimum absolute atomic E-state index is 0.00500. The van der Waals surface area contributed by atoms with Crippen molar-refractivity contribution in [3.63, 3.8) is 0 Å². The molecule has 0 radical (unpaired) electrons. The zero-order valence-corrected chi connectivity index (χ0v) is 32.2. The smallest absolute Gasteiger partial charge is 0.338 e. The van der Waals surface area contributed by atoms with Crippen LogP contribution in [0.15, 0.2) is 70.4 Å². The van der Waals surface area contributed by atoms with Crippen molar-refractivity contribution in [3.8, 4) is 0 Å². The SMILES string of the molecule is CC[C@H]1OC(=O)C2=CCN(C2)C(=O)c2coc(n2)CC(F)C[C@H](OC(=O)c2ccc(COCCN(CC)CC)cc2)/C=C(C)/C=C/CNC(=O)CC[C@H]1C. The number of amides is 2. The van der Waals surface area contributed by atoms with Gasteiger partial charge in [0.1, 0.15) is 24.6 Å². The van der Waals surface area contributed by atoms with Gasteiger partial charge in [-0.05, 0) is 62.5 Å². The molecule has 3 heterocycles. The highest BCUT2D eigenvalue weighted by atomic mass is 19.1. The molecule has 2 amide bonds. The van der Waals surface area contributed by atoms with Crippen molar-refractivity contribution in [1.29, 1.82) is 0 Å². The van der Waals surface area contributed by atoms with Gasteiger partial charge in [-0.25, -0.2) is 19.0 Å². The lowest BCUT2D eigenvalue weighted by Crippen LogP contribution is -2.32. The normalized spacial score (nSPS) is 23.8. The van der Waals surface area contributed by atoms with Gasteiger partial charge in [0.05, 0.1) is 37.3 Å². The van der Waals surface area contributed by atoms with Crippen LogP contribution in [0, 0.1) is 5.92 Å². The van der Waals surface area contributed by atoms with E-state index in [9.17, 15) is 19.2 Å². The highest BCUT2D eigenvalue weighted by molar-refractivity contribution is 5.96. The highest BCUT2D eigenvalue weighted by Gasteiger charge is 2.30. The fraction of sp³-hybridized carbons (Fsp3) is 0.537. The van der Waals surface area contributed by atoms with Crippen LogP contribution in [0.4, 0.5) is 4.39 Å². The largest absolute Gasteiger partial charge is 0.459 e. The van der Waals surface area contributed by atoms with Gasteiger partial charge in [0.15, 0.2) is 11.6 Å². The maximum atomic E-state index is 15.6. The van der Waals surface area contributed by atoms with Gasteiger partial charge in [-0.1, -0.05) is 63.6 Å². The molecule has 13 heteroatoms. The Morgan fingerprint density at radius 1 is 1.13 bits per heavy atom. The number of nitrogens with one attached hydrogen (secondary N) is 1. The third-order valence-electron chi connectivity index (χ3n) is 9.66. The number of cyclic esters (lactones) is 1. The van der Waals surface area contributed by atoms with E-state index in [0.29, 0.717) is 42.8 Å². The van der Waals surface area contributed by atoms with Gasteiger partial charge in [-0.2, -0.15) is 0 Å². The van der Waals surface area contributed by atoms with Crippen LogP contribution >= 0.6 is 0 Å². The number of fused-ring (bicyclic) bond motifs is 4. The van der Waals surface area contributed by atoms with E-state index >= 15 is 4.39 Å². The van der Waals surface area contributed by atoms with Crippen LogP contribution in [-0.4, -0.2) is 103 Å². The molecule has 294 valence electrons. The second kappa shape index (κ2) is 21.3. The summed E-state index contributed by atoms with van der Waals surface area (Å²) in [5.41, 5.74) is 2.28. The van der Waals surface area contributed by atoms with Crippen LogP contribution in [0.1, 0.15) is 92.6 Å². The zero-order valence-electron chi connectivity index (χ0n) is 32.2. The molecule has 0 fully saturated rings. The maximum absolute atomic E-state index is 15.6. The number of ether oxygens (including phenoxy) is 3. The maximum Gasteiger partial charge on any atom is 0.338 e. The Morgan fingerprint density at radius 3 is 2.61 bits per heavy atom. The second-order valence-corrected chi connectivity index (χ2v) is 13.8. The molecule has 12 nitrogen and oxygen atoms in total. The number of halogens is 1. The van der Waals surface area contributed by atoms with Gasteiger partial charge >= 0.3 is 11.9 Å². The van der Waals surface area contributed by atoms with Crippen LogP contribution in [0.2, 0.25) is 0 Å². The van der Waals surface area contributed by atoms with Crippen LogP contribution in [0.5, 0.6) is 0 Å². The van der Waals surface area contributed by atoms with E-state index < -0.39 is 36.2 Å². The predicted octanol–water partition coefficient (Wildman–Crippen LogP) is 5.78. The average Bonchev–Trinajstić information content (AvgIpc) is 3.85. The Kier molecular flexibility index (Phi) is 16.6. The number of esters is 2. The number of hydrogen-bond donors (Lipinski definition) is 1. The van der Waals surface area contributed by atoms with Crippen LogP contribution in [0.25, 0.3) is 0 Å². The number of carbonyl (C=O) groups is 4. The Balaban J connectivity index is 1.46. The van der Waals surface area contributed by atoms with Crippen molar-refractivity contribution in [2.24, 2.45) is 5.92 Å². The summed E-state index contributed by atoms with van der Waals surface area (Å²) in [5, 5.41) is 2.86. The minimum atomic E-state index is -1.54. The van der Waals surface area contributed by atoms with E-state index in [1.807, 2.05) is 13.8 Å². The summed E-state index contributed by atoms with van der Waals surface area (Å²) in [7, 11) is 0. The lowest BCUT2D eigenvalue weighted by Gasteiger charge is -2.23. The van der Waals surface area contributed by atoms with Gasteiger partial charge in [-0.3, -0.25) is 9.59 Å². The van der Waals surface area contributed by atoms with Gasteiger partial charge in [0.25, 0.3) is 5.91 Å². The summed E-state index contributed by atoms with van der Waals surface area (Å²) in [6.07, 6.45) is 6.03. The average molecular weight is 751 g/mol. The number of likely N-dealkylation sites (N-methyl/N-ethyl adjacent to an activating group) is 1. The Bertz CT molecular complexity index is 1650. The molecular formula is C41H55FN4O8. The van der Waals surface area contributed by atoms with Crippen LogP contribution < -0.4 is 5.32 Å². The summed E-state index contributed by atoms with van der Waals surface area (Å²) in [5.74, 6) is -1.77.